The van der Waals surface area contributed by atoms with Gasteiger partial charge in [-0.1, -0.05) is 0 Å². The number of furan rings is 1. The fourth-order valence-electron chi connectivity index (χ4n) is 2.37. The highest BCUT2D eigenvalue weighted by Gasteiger charge is 2.13. The molecule has 2 N–H and O–H groups in total. The van der Waals surface area contributed by atoms with Gasteiger partial charge in [-0.05, 0) is 48.5 Å². The van der Waals surface area contributed by atoms with Crippen molar-refractivity contribution in [2.24, 2.45) is 0 Å². The first-order valence-corrected chi connectivity index (χ1v) is 8.59. The molecular weight excluding hydrogens is 394 g/mol. The first-order valence-electron chi connectivity index (χ1n) is 8.59. The van der Waals surface area contributed by atoms with Gasteiger partial charge in [-0.2, -0.15) is 0 Å². The summed E-state index contributed by atoms with van der Waals surface area (Å²) >= 11 is 0. The molecule has 152 valence electrons. The monoisotopic (exact) mass is 409 g/mol. The molecule has 2 amide bonds. The third-order valence-electron chi connectivity index (χ3n) is 3.82. The van der Waals surface area contributed by atoms with Gasteiger partial charge in [0.15, 0.2) is 12.4 Å². The maximum Gasteiger partial charge on any atom is 0.338 e. The molecule has 10 heteroatoms. The van der Waals surface area contributed by atoms with Gasteiger partial charge in [0.25, 0.3) is 17.5 Å². The molecule has 0 fully saturated rings. The van der Waals surface area contributed by atoms with E-state index >= 15 is 0 Å². The molecule has 3 rings (SSSR count). The van der Waals surface area contributed by atoms with Gasteiger partial charge in [0, 0.05) is 23.5 Å². The minimum absolute atomic E-state index is 0.108. The molecule has 0 radical (unpaired) electrons. The Morgan fingerprint density at radius 2 is 1.57 bits per heavy atom. The van der Waals surface area contributed by atoms with Crippen molar-refractivity contribution < 1.29 is 28.5 Å². The van der Waals surface area contributed by atoms with Crippen LogP contribution in [-0.4, -0.2) is 29.3 Å². The standard InChI is InChI=1S/C20H15N3O7/c24-18(21-14-7-9-16(10-8-14)23(27)28)12-30-20(26)13-3-5-15(6-4-13)22-19(25)17-2-1-11-29-17/h1-11H,12H2,(H,21,24)(H,22,25). The average Bonchev–Trinajstić information content (AvgIpc) is 3.28. The number of carbonyl (C=O) groups excluding carboxylic acids is 3. The predicted octanol–water partition coefficient (Wildman–Crippen LogP) is 3.24. The fraction of sp³-hybridized carbons (Fsp3) is 0.0500. The number of rotatable bonds is 7. The summed E-state index contributed by atoms with van der Waals surface area (Å²) in [5.41, 5.74) is 0.861. The van der Waals surface area contributed by atoms with E-state index in [-0.39, 0.29) is 17.0 Å². The van der Waals surface area contributed by atoms with E-state index in [1.165, 1.54) is 60.9 Å². The van der Waals surface area contributed by atoms with Crippen molar-refractivity contribution in [2.45, 2.75) is 0 Å². The van der Waals surface area contributed by atoms with Crippen molar-refractivity contribution in [1.82, 2.24) is 0 Å². The van der Waals surface area contributed by atoms with E-state index in [1.54, 1.807) is 6.07 Å². The number of benzene rings is 2. The largest absolute Gasteiger partial charge is 0.459 e. The molecule has 0 saturated carbocycles. The van der Waals surface area contributed by atoms with Gasteiger partial charge in [0.2, 0.25) is 0 Å². The lowest BCUT2D eigenvalue weighted by atomic mass is 10.2. The number of hydrogen-bond acceptors (Lipinski definition) is 7. The zero-order valence-electron chi connectivity index (χ0n) is 15.4. The lowest BCUT2D eigenvalue weighted by Crippen LogP contribution is -2.21. The van der Waals surface area contributed by atoms with Crippen LogP contribution in [0.15, 0.2) is 71.3 Å². The number of amides is 2. The van der Waals surface area contributed by atoms with Gasteiger partial charge in [0.1, 0.15) is 0 Å². The normalized spacial score (nSPS) is 10.1. The van der Waals surface area contributed by atoms with E-state index < -0.39 is 29.3 Å². The molecule has 0 saturated heterocycles. The van der Waals surface area contributed by atoms with Gasteiger partial charge >= 0.3 is 5.97 Å². The van der Waals surface area contributed by atoms with Crippen LogP contribution < -0.4 is 10.6 Å². The maximum absolute atomic E-state index is 12.1. The Labute approximate surface area is 169 Å². The second-order valence-corrected chi connectivity index (χ2v) is 5.94. The van der Waals surface area contributed by atoms with Crippen LogP contribution >= 0.6 is 0 Å². The van der Waals surface area contributed by atoms with Gasteiger partial charge in [-0.25, -0.2) is 4.79 Å². The van der Waals surface area contributed by atoms with Crippen molar-refractivity contribution in [3.05, 3.63) is 88.4 Å². The molecule has 0 unspecified atom stereocenters. The molecule has 0 aliphatic rings. The number of esters is 1. The van der Waals surface area contributed by atoms with Crippen LogP contribution in [0.2, 0.25) is 0 Å². The number of nitrogens with one attached hydrogen (secondary N) is 2. The number of ether oxygens (including phenoxy) is 1. The highest BCUT2D eigenvalue weighted by molar-refractivity contribution is 6.02. The SMILES string of the molecule is O=C(COC(=O)c1ccc(NC(=O)c2ccco2)cc1)Nc1ccc([N+](=O)[O-])cc1. The minimum Gasteiger partial charge on any atom is -0.459 e. The Morgan fingerprint density at radius 1 is 0.933 bits per heavy atom. The fourth-order valence-corrected chi connectivity index (χ4v) is 2.37. The summed E-state index contributed by atoms with van der Waals surface area (Å²) in [5, 5.41) is 15.7. The number of hydrogen-bond donors (Lipinski definition) is 2. The van der Waals surface area contributed by atoms with E-state index in [0.717, 1.165) is 0 Å². The van der Waals surface area contributed by atoms with Crippen molar-refractivity contribution in [2.75, 3.05) is 17.2 Å². The Morgan fingerprint density at radius 3 is 2.17 bits per heavy atom. The van der Waals surface area contributed by atoms with E-state index in [2.05, 4.69) is 10.6 Å². The molecule has 0 aliphatic carbocycles. The first kappa shape index (κ1) is 20.3. The molecule has 2 aromatic carbocycles. The third-order valence-corrected chi connectivity index (χ3v) is 3.82. The molecule has 0 aliphatic heterocycles. The number of carbonyl (C=O) groups is 3. The Kier molecular flexibility index (Phi) is 6.18. The van der Waals surface area contributed by atoms with Gasteiger partial charge < -0.3 is 19.8 Å². The molecular formula is C20H15N3O7. The number of nitro benzene ring substituents is 1. The highest BCUT2D eigenvalue weighted by atomic mass is 16.6. The number of nitro groups is 1. The highest BCUT2D eigenvalue weighted by Crippen LogP contribution is 2.16. The molecule has 0 spiro atoms. The van der Waals surface area contributed by atoms with Gasteiger partial charge in [-0.3, -0.25) is 19.7 Å². The lowest BCUT2D eigenvalue weighted by Gasteiger charge is -2.07. The zero-order valence-corrected chi connectivity index (χ0v) is 15.4. The van der Waals surface area contributed by atoms with E-state index in [0.29, 0.717) is 11.4 Å². The summed E-state index contributed by atoms with van der Waals surface area (Å²) in [6.45, 7) is -0.535. The molecule has 0 atom stereocenters. The molecule has 1 heterocycles. The topological polar surface area (TPSA) is 141 Å². The summed E-state index contributed by atoms with van der Waals surface area (Å²) in [7, 11) is 0. The Bertz CT molecular complexity index is 1060. The van der Waals surface area contributed by atoms with Crippen LogP contribution in [0, 0.1) is 10.1 Å². The summed E-state index contributed by atoms with van der Waals surface area (Å²) < 4.78 is 9.93. The van der Waals surface area contributed by atoms with Crippen LogP contribution in [0.3, 0.4) is 0 Å². The molecule has 0 bridgehead atoms. The van der Waals surface area contributed by atoms with Gasteiger partial charge in [0.05, 0.1) is 16.7 Å². The van der Waals surface area contributed by atoms with Crippen molar-refractivity contribution in [1.29, 1.82) is 0 Å². The number of anilines is 2. The lowest BCUT2D eigenvalue weighted by molar-refractivity contribution is -0.384. The van der Waals surface area contributed by atoms with Crippen molar-refractivity contribution in [3.63, 3.8) is 0 Å². The van der Waals surface area contributed by atoms with Crippen LogP contribution in [-0.2, 0) is 9.53 Å². The second-order valence-electron chi connectivity index (χ2n) is 5.94. The summed E-state index contributed by atoms with van der Waals surface area (Å²) in [5.74, 6) is -1.60. The number of non-ortho nitro benzene ring substituents is 1. The minimum atomic E-state index is -0.724. The van der Waals surface area contributed by atoms with Gasteiger partial charge in [-0.15, -0.1) is 0 Å². The molecule has 3 aromatic rings. The summed E-state index contributed by atoms with van der Waals surface area (Å²) in [6, 6.07) is 14.2. The molecule has 1 aromatic heterocycles. The van der Waals surface area contributed by atoms with Crippen LogP contribution in [0.25, 0.3) is 0 Å². The van der Waals surface area contributed by atoms with Crippen LogP contribution in [0.4, 0.5) is 17.1 Å². The second kappa shape index (κ2) is 9.15. The Balaban J connectivity index is 1.48. The average molecular weight is 409 g/mol. The molecule has 30 heavy (non-hydrogen) atoms. The Hall–Kier alpha value is -4.47. The third kappa shape index (κ3) is 5.29. The number of nitrogens with zero attached hydrogens (tertiary/aromatic N) is 1. The zero-order chi connectivity index (χ0) is 21.5. The summed E-state index contributed by atoms with van der Waals surface area (Å²) in [4.78, 5) is 45.9. The quantitative estimate of drug-likeness (QED) is 0.347. The van der Waals surface area contributed by atoms with Crippen LogP contribution in [0.1, 0.15) is 20.9 Å². The maximum atomic E-state index is 12.1. The smallest absolute Gasteiger partial charge is 0.338 e. The van der Waals surface area contributed by atoms with Crippen LogP contribution in [0.5, 0.6) is 0 Å². The van der Waals surface area contributed by atoms with Crippen molar-refractivity contribution >= 4 is 34.8 Å². The van der Waals surface area contributed by atoms with E-state index in [9.17, 15) is 24.5 Å². The molecule has 10 nitrogen and oxygen atoms in total. The van der Waals surface area contributed by atoms with E-state index in [1.807, 2.05) is 0 Å². The predicted molar refractivity (Wildman–Crippen MR) is 105 cm³/mol. The first-order chi connectivity index (χ1) is 14.4. The van der Waals surface area contributed by atoms with Crippen molar-refractivity contribution in [3.8, 4) is 0 Å². The summed E-state index contributed by atoms with van der Waals surface area (Å²) in [6.07, 6.45) is 1.38. The van der Waals surface area contributed by atoms with E-state index in [4.69, 9.17) is 9.15 Å².